The first-order valence-electron chi connectivity index (χ1n) is 9.41. The normalized spacial score (nSPS) is 12.0. The third-order valence-electron chi connectivity index (χ3n) is 4.22. The number of halogens is 1. The highest BCUT2D eigenvalue weighted by atomic mass is 35.5. The van der Waals surface area contributed by atoms with Gasteiger partial charge in [0.2, 0.25) is 0 Å². The van der Waals surface area contributed by atoms with Crippen molar-refractivity contribution < 1.29 is 23.1 Å². The number of carbonyl (C=O) groups excluding carboxylic acids is 1. The molecule has 0 unspecified atom stereocenters. The zero-order chi connectivity index (χ0) is 21.3. The Bertz CT molecular complexity index is 839. The first kappa shape index (κ1) is 23.7. The molecule has 0 radical (unpaired) electrons. The molecule has 2 heterocycles. The molecule has 0 aliphatic carbocycles. The smallest absolute Gasteiger partial charge is 0.331 e. The van der Waals surface area contributed by atoms with E-state index in [0.717, 1.165) is 0 Å². The van der Waals surface area contributed by atoms with Crippen molar-refractivity contribution >= 4 is 36.3 Å². The maximum absolute atomic E-state index is 12.7. The molecular formula is C17H27ClN5O5P. The van der Waals surface area contributed by atoms with Crippen LogP contribution in [-0.2, 0) is 29.7 Å². The number of carbonyl (C=O) groups is 1. The number of imidazole rings is 1. The maximum Gasteiger partial charge on any atom is 0.331 e. The Kier molecular flexibility index (Phi) is 9.45. The van der Waals surface area contributed by atoms with Gasteiger partial charge in [-0.15, -0.1) is 0 Å². The van der Waals surface area contributed by atoms with Crippen LogP contribution in [0.2, 0.25) is 5.15 Å². The van der Waals surface area contributed by atoms with Crippen molar-refractivity contribution in [2.75, 3.05) is 46.1 Å². The molecule has 0 saturated heterocycles. The maximum atomic E-state index is 12.7. The van der Waals surface area contributed by atoms with Crippen molar-refractivity contribution in [1.82, 2.24) is 24.4 Å². The van der Waals surface area contributed by atoms with Crippen LogP contribution in [0.25, 0.3) is 11.2 Å². The van der Waals surface area contributed by atoms with E-state index in [1.807, 2.05) is 9.47 Å². The minimum atomic E-state index is -3.17. The lowest BCUT2D eigenvalue weighted by atomic mass is 10.3. The van der Waals surface area contributed by atoms with Crippen molar-refractivity contribution in [3.8, 4) is 0 Å². The molecular weight excluding hydrogens is 421 g/mol. The van der Waals surface area contributed by atoms with Crippen LogP contribution in [-0.4, -0.2) is 76.5 Å². The molecule has 12 heteroatoms. The van der Waals surface area contributed by atoms with E-state index in [-0.39, 0.29) is 18.6 Å². The molecule has 10 nitrogen and oxygen atoms in total. The molecule has 2 rings (SSSR count). The van der Waals surface area contributed by atoms with E-state index in [4.69, 9.17) is 25.4 Å². The monoisotopic (exact) mass is 447 g/mol. The summed E-state index contributed by atoms with van der Waals surface area (Å²) >= 11 is 6.05. The minimum absolute atomic E-state index is 0.225. The van der Waals surface area contributed by atoms with Crippen LogP contribution in [0.15, 0.2) is 12.7 Å². The van der Waals surface area contributed by atoms with E-state index in [1.54, 1.807) is 20.2 Å². The number of methoxy groups -OCH3 is 1. The summed E-state index contributed by atoms with van der Waals surface area (Å²) in [4.78, 5) is 26.0. The van der Waals surface area contributed by atoms with Gasteiger partial charge >= 0.3 is 13.6 Å². The highest BCUT2D eigenvalue weighted by Gasteiger charge is 2.24. The number of hydrogen-bond donors (Lipinski definition) is 0. The summed E-state index contributed by atoms with van der Waals surface area (Å²) in [5, 5.41) is 0.297. The molecule has 0 aromatic carbocycles. The summed E-state index contributed by atoms with van der Waals surface area (Å²) in [6, 6.07) is 0. The summed E-state index contributed by atoms with van der Waals surface area (Å²) in [5.41, 5.74) is 1.17. The average molecular weight is 448 g/mol. The third kappa shape index (κ3) is 7.01. The quantitative estimate of drug-likeness (QED) is 0.260. The van der Waals surface area contributed by atoms with Crippen molar-refractivity contribution in [2.45, 2.75) is 26.8 Å². The van der Waals surface area contributed by atoms with Crippen LogP contribution in [0.1, 0.15) is 20.3 Å². The number of ether oxygens (including phenoxy) is 1. The average Bonchev–Trinajstić information content (AvgIpc) is 3.12. The Morgan fingerprint density at radius 2 is 1.90 bits per heavy atom. The molecule has 0 aliphatic heterocycles. The van der Waals surface area contributed by atoms with Crippen LogP contribution in [0.5, 0.6) is 0 Å². The summed E-state index contributed by atoms with van der Waals surface area (Å²) in [6.45, 7) is 6.18. The van der Waals surface area contributed by atoms with Gasteiger partial charge in [0.1, 0.15) is 11.8 Å². The molecule has 0 N–H and O–H groups in total. The van der Waals surface area contributed by atoms with Crippen LogP contribution >= 0.6 is 19.2 Å². The topological polar surface area (TPSA) is 109 Å². The molecule has 0 amide bonds. The largest absolute Gasteiger partial charge is 0.469 e. The number of fused-ring (bicyclic) bond motifs is 1. The van der Waals surface area contributed by atoms with E-state index in [0.29, 0.717) is 55.7 Å². The molecule has 2 aromatic heterocycles. The zero-order valence-corrected chi connectivity index (χ0v) is 18.6. The number of rotatable bonds is 13. The second-order valence-electron chi connectivity index (χ2n) is 6.11. The van der Waals surface area contributed by atoms with Gasteiger partial charge in [-0.05, 0) is 13.8 Å². The second kappa shape index (κ2) is 11.6. The zero-order valence-electron chi connectivity index (χ0n) is 16.9. The summed E-state index contributed by atoms with van der Waals surface area (Å²) < 4.78 is 30.0. The standard InChI is InChI=1S/C17H27ClN5O5P/c1-4-27-29(25,28-5-2)11-10-22(7-6-14(24)26-3)8-9-23-13-21-15-16(18)19-12-20-17(15)23/h12-13H,4-11H2,1-3H3. The first-order valence-corrected chi connectivity index (χ1v) is 11.5. The van der Waals surface area contributed by atoms with Gasteiger partial charge in [0.05, 0.1) is 39.2 Å². The van der Waals surface area contributed by atoms with Gasteiger partial charge < -0.3 is 23.3 Å². The predicted molar refractivity (Wildman–Crippen MR) is 109 cm³/mol. The van der Waals surface area contributed by atoms with Crippen molar-refractivity contribution in [1.29, 1.82) is 0 Å². The van der Waals surface area contributed by atoms with E-state index in [1.165, 1.54) is 13.4 Å². The van der Waals surface area contributed by atoms with E-state index >= 15 is 0 Å². The van der Waals surface area contributed by atoms with Gasteiger partial charge in [0, 0.05) is 26.2 Å². The number of esters is 1. The summed E-state index contributed by atoms with van der Waals surface area (Å²) in [5.74, 6) is -0.305. The highest BCUT2D eigenvalue weighted by Crippen LogP contribution is 2.47. The van der Waals surface area contributed by atoms with E-state index < -0.39 is 7.60 Å². The Labute approximate surface area is 175 Å². The van der Waals surface area contributed by atoms with Crippen molar-refractivity contribution in [3.05, 3.63) is 17.8 Å². The molecule has 0 atom stereocenters. The van der Waals surface area contributed by atoms with Crippen LogP contribution in [0.4, 0.5) is 0 Å². The molecule has 0 bridgehead atoms. The van der Waals surface area contributed by atoms with E-state index in [9.17, 15) is 9.36 Å². The number of hydrogen-bond acceptors (Lipinski definition) is 9. The molecule has 0 saturated carbocycles. The fourth-order valence-corrected chi connectivity index (χ4v) is 4.60. The molecule has 0 aliphatic rings. The highest BCUT2D eigenvalue weighted by molar-refractivity contribution is 7.53. The van der Waals surface area contributed by atoms with Crippen LogP contribution in [0, 0.1) is 0 Å². The number of aromatic nitrogens is 4. The molecule has 162 valence electrons. The lowest BCUT2D eigenvalue weighted by Gasteiger charge is -2.24. The van der Waals surface area contributed by atoms with Gasteiger partial charge in [0.15, 0.2) is 10.8 Å². The second-order valence-corrected chi connectivity index (χ2v) is 8.66. The van der Waals surface area contributed by atoms with Gasteiger partial charge in [-0.1, -0.05) is 11.6 Å². The first-order chi connectivity index (χ1) is 13.9. The molecule has 0 fully saturated rings. The van der Waals surface area contributed by atoms with E-state index in [2.05, 4.69) is 15.0 Å². The Morgan fingerprint density at radius 3 is 2.55 bits per heavy atom. The predicted octanol–water partition coefficient (Wildman–Crippen LogP) is 2.61. The molecule has 0 spiro atoms. The van der Waals surface area contributed by atoms with Crippen molar-refractivity contribution in [2.24, 2.45) is 0 Å². The Hall–Kier alpha value is -1.58. The molecule has 2 aromatic rings. The SMILES string of the molecule is CCOP(=O)(CCN(CCC(=O)OC)CCn1cnc2c(Cl)ncnc21)OCC. The number of nitrogens with zero attached hydrogens (tertiary/aromatic N) is 5. The van der Waals surface area contributed by atoms with Crippen LogP contribution in [0.3, 0.4) is 0 Å². The lowest BCUT2D eigenvalue weighted by molar-refractivity contribution is -0.140. The molecule has 29 heavy (non-hydrogen) atoms. The minimum Gasteiger partial charge on any atom is -0.469 e. The van der Waals surface area contributed by atoms with Gasteiger partial charge in [0.25, 0.3) is 0 Å². The van der Waals surface area contributed by atoms with Crippen molar-refractivity contribution in [3.63, 3.8) is 0 Å². The lowest BCUT2D eigenvalue weighted by Crippen LogP contribution is -2.33. The third-order valence-corrected chi connectivity index (χ3v) is 6.54. The van der Waals surface area contributed by atoms with Gasteiger partial charge in [-0.2, -0.15) is 0 Å². The Morgan fingerprint density at radius 1 is 1.17 bits per heavy atom. The fraction of sp³-hybridized carbons (Fsp3) is 0.647. The van der Waals surface area contributed by atoms with Gasteiger partial charge in [-0.3, -0.25) is 9.36 Å². The summed E-state index contributed by atoms with van der Waals surface area (Å²) in [7, 11) is -1.82. The van der Waals surface area contributed by atoms with Gasteiger partial charge in [-0.25, -0.2) is 15.0 Å². The fourth-order valence-electron chi connectivity index (χ4n) is 2.78. The van der Waals surface area contributed by atoms with Crippen LogP contribution < -0.4 is 0 Å². The summed E-state index contributed by atoms with van der Waals surface area (Å²) in [6.07, 6.45) is 3.49. The Balaban J connectivity index is 2.05.